The van der Waals surface area contributed by atoms with Gasteiger partial charge in [0.25, 0.3) is 0 Å². The van der Waals surface area contributed by atoms with Gasteiger partial charge in [-0.2, -0.15) is 5.10 Å². The molecule has 3 N–H and O–H groups in total. The number of carbonyl (C=O) groups excluding carboxylic acids is 2. The minimum Gasteiger partial charge on any atom is -0.392 e. The van der Waals surface area contributed by atoms with Crippen molar-refractivity contribution in [1.82, 2.24) is 9.78 Å². The number of hydrogen-bond acceptors (Lipinski definition) is 4. The van der Waals surface area contributed by atoms with E-state index in [9.17, 15) is 9.59 Å². The zero-order valence-electron chi connectivity index (χ0n) is 11.8. The maximum atomic E-state index is 11.9. The number of aromatic nitrogens is 2. The molecule has 0 radical (unpaired) electrons. The first-order chi connectivity index (χ1) is 10.6. The summed E-state index contributed by atoms with van der Waals surface area (Å²) in [5.74, 6) is -0.588. The van der Waals surface area contributed by atoms with Crippen LogP contribution in [0.4, 0.5) is 11.4 Å². The predicted molar refractivity (Wildman–Crippen MR) is 82.0 cm³/mol. The molecule has 0 aliphatic rings. The minimum absolute atomic E-state index is 0.0196. The fraction of sp³-hybridized carbons (Fsp3) is 0.133. The van der Waals surface area contributed by atoms with E-state index in [2.05, 4.69) is 22.3 Å². The first kappa shape index (κ1) is 15.5. The average Bonchev–Trinajstić information content (AvgIpc) is 2.94. The standard InChI is InChI=1S/C15H16N4O3/c1-2-14(21)18-13-7-16-19(8-13)9-15(22)17-12-5-3-11(10-20)4-6-12/h2-8,20H,1,9-10H2,(H,17,22)(H,18,21). The highest BCUT2D eigenvalue weighted by Gasteiger charge is 2.06. The van der Waals surface area contributed by atoms with Gasteiger partial charge in [-0.15, -0.1) is 0 Å². The lowest BCUT2D eigenvalue weighted by molar-refractivity contribution is -0.117. The van der Waals surface area contributed by atoms with Crippen LogP contribution in [0.3, 0.4) is 0 Å². The van der Waals surface area contributed by atoms with Crippen LogP contribution in [0, 0.1) is 0 Å². The smallest absolute Gasteiger partial charge is 0.247 e. The molecular weight excluding hydrogens is 284 g/mol. The zero-order valence-corrected chi connectivity index (χ0v) is 11.8. The van der Waals surface area contributed by atoms with Crippen LogP contribution in [0.25, 0.3) is 0 Å². The molecule has 0 aliphatic carbocycles. The van der Waals surface area contributed by atoms with Gasteiger partial charge in [-0.25, -0.2) is 0 Å². The van der Waals surface area contributed by atoms with E-state index in [0.29, 0.717) is 11.4 Å². The second-order valence-electron chi connectivity index (χ2n) is 4.52. The SMILES string of the molecule is C=CC(=O)Nc1cnn(CC(=O)Nc2ccc(CO)cc2)c1. The highest BCUT2D eigenvalue weighted by Crippen LogP contribution is 2.10. The highest BCUT2D eigenvalue weighted by atomic mass is 16.3. The number of hydrogen-bond donors (Lipinski definition) is 3. The second-order valence-corrected chi connectivity index (χ2v) is 4.52. The molecule has 0 unspecified atom stereocenters. The Morgan fingerprint density at radius 1 is 1.23 bits per heavy atom. The van der Waals surface area contributed by atoms with Crippen LogP contribution in [0.15, 0.2) is 49.3 Å². The van der Waals surface area contributed by atoms with Crippen molar-refractivity contribution in [1.29, 1.82) is 0 Å². The van der Waals surface area contributed by atoms with Gasteiger partial charge in [0, 0.05) is 11.9 Å². The molecule has 114 valence electrons. The zero-order chi connectivity index (χ0) is 15.9. The molecule has 22 heavy (non-hydrogen) atoms. The molecule has 0 aliphatic heterocycles. The molecule has 0 atom stereocenters. The first-order valence-corrected chi connectivity index (χ1v) is 6.56. The van der Waals surface area contributed by atoms with Crippen LogP contribution in [-0.4, -0.2) is 26.7 Å². The summed E-state index contributed by atoms with van der Waals surface area (Å²) in [7, 11) is 0. The molecule has 2 aromatic rings. The Labute approximate surface area is 127 Å². The molecule has 0 saturated carbocycles. The molecule has 2 amide bonds. The summed E-state index contributed by atoms with van der Waals surface area (Å²) in [5, 5.41) is 18.2. The van der Waals surface area contributed by atoms with E-state index in [-0.39, 0.29) is 25.0 Å². The van der Waals surface area contributed by atoms with E-state index in [1.54, 1.807) is 30.5 Å². The Morgan fingerprint density at radius 3 is 2.59 bits per heavy atom. The van der Waals surface area contributed by atoms with Crippen LogP contribution in [0.5, 0.6) is 0 Å². The number of aliphatic hydroxyl groups excluding tert-OH is 1. The maximum absolute atomic E-state index is 11.9. The van der Waals surface area contributed by atoms with Gasteiger partial charge >= 0.3 is 0 Å². The van der Waals surface area contributed by atoms with Crippen molar-refractivity contribution in [2.45, 2.75) is 13.2 Å². The van der Waals surface area contributed by atoms with E-state index in [4.69, 9.17) is 5.11 Å². The summed E-state index contributed by atoms with van der Waals surface area (Å²) in [6.45, 7) is 3.33. The van der Waals surface area contributed by atoms with Gasteiger partial charge in [0.05, 0.1) is 18.5 Å². The van der Waals surface area contributed by atoms with E-state index < -0.39 is 0 Å². The van der Waals surface area contributed by atoms with E-state index in [1.807, 2.05) is 0 Å². The van der Waals surface area contributed by atoms with Crippen molar-refractivity contribution in [3.63, 3.8) is 0 Å². The second kappa shape index (κ2) is 7.19. The van der Waals surface area contributed by atoms with Crippen LogP contribution in [-0.2, 0) is 22.7 Å². The topological polar surface area (TPSA) is 96.2 Å². The Hall–Kier alpha value is -2.93. The predicted octanol–water partition coefficient (Wildman–Crippen LogP) is 1.14. The number of carbonyl (C=O) groups is 2. The summed E-state index contributed by atoms with van der Waals surface area (Å²) >= 11 is 0. The van der Waals surface area contributed by atoms with Crippen LogP contribution in [0.1, 0.15) is 5.56 Å². The normalized spacial score (nSPS) is 10.0. The molecular formula is C15H16N4O3. The average molecular weight is 300 g/mol. The number of nitrogens with one attached hydrogen (secondary N) is 2. The third kappa shape index (κ3) is 4.29. The van der Waals surface area contributed by atoms with Gasteiger partial charge in [0.1, 0.15) is 6.54 Å². The molecule has 0 bridgehead atoms. The fourth-order valence-electron chi connectivity index (χ4n) is 1.75. The quantitative estimate of drug-likeness (QED) is 0.697. The summed E-state index contributed by atoms with van der Waals surface area (Å²) in [6.07, 6.45) is 4.15. The molecule has 7 heteroatoms. The molecule has 0 spiro atoms. The maximum Gasteiger partial charge on any atom is 0.247 e. The van der Waals surface area contributed by atoms with Gasteiger partial charge in [0.15, 0.2) is 0 Å². The first-order valence-electron chi connectivity index (χ1n) is 6.56. The summed E-state index contributed by atoms with van der Waals surface area (Å²) < 4.78 is 1.41. The van der Waals surface area contributed by atoms with Crippen LogP contribution in [0.2, 0.25) is 0 Å². The van der Waals surface area contributed by atoms with E-state index >= 15 is 0 Å². The van der Waals surface area contributed by atoms with Crippen molar-refractivity contribution >= 4 is 23.2 Å². The Balaban J connectivity index is 1.91. The summed E-state index contributed by atoms with van der Waals surface area (Å²) in [6, 6.07) is 6.88. The number of benzene rings is 1. The molecule has 0 fully saturated rings. The Kier molecular flexibility index (Phi) is 5.05. The third-order valence-corrected chi connectivity index (χ3v) is 2.81. The van der Waals surface area contributed by atoms with Crippen molar-refractivity contribution in [2.75, 3.05) is 10.6 Å². The fourth-order valence-corrected chi connectivity index (χ4v) is 1.75. The number of aliphatic hydroxyl groups is 1. The van der Waals surface area contributed by atoms with Gasteiger partial charge in [-0.1, -0.05) is 18.7 Å². The van der Waals surface area contributed by atoms with Crippen molar-refractivity contribution in [3.8, 4) is 0 Å². The van der Waals surface area contributed by atoms with E-state index in [1.165, 1.54) is 10.9 Å². The lowest BCUT2D eigenvalue weighted by atomic mass is 10.2. The van der Waals surface area contributed by atoms with Gasteiger partial charge in [0.2, 0.25) is 11.8 Å². The van der Waals surface area contributed by atoms with Crippen LogP contribution >= 0.6 is 0 Å². The largest absolute Gasteiger partial charge is 0.392 e. The lowest BCUT2D eigenvalue weighted by Crippen LogP contribution is -2.19. The van der Waals surface area contributed by atoms with Crippen LogP contribution < -0.4 is 10.6 Å². The summed E-state index contributed by atoms with van der Waals surface area (Å²) in [5.41, 5.74) is 1.90. The van der Waals surface area contributed by atoms with Crippen molar-refractivity contribution in [3.05, 3.63) is 54.9 Å². The monoisotopic (exact) mass is 300 g/mol. The third-order valence-electron chi connectivity index (χ3n) is 2.81. The molecule has 1 aromatic heterocycles. The molecule has 0 saturated heterocycles. The Bertz CT molecular complexity index is 676. The molecule has 1 aromatic carbocycles. The minimum atomic E-state index is -0.340. The van der Waals surface area contributed by atoms with Gasteiger partial charge < -0.3 is 15.7 Å². The van der Waals surface area contributed by atoms with Crippen molar-refractivity contribution in [2.24, 2.45) is 0 Å². The lowest BCUT2D eigenvalue weighted by Gasteiger charge is -2.06. The summed E-state index contributed by atoms with van der Waals surface area (Å²) in [4.78, 5) is 23.0. The van der Waals surface area contributed by atoms with Gasteiger partial charge in [-0.05, 0) is 23.8 Å². The Morgan fingerprint density at radius 2 is 1.95 bits per heavy atom. The highest BCUT2D eigenvalue weighted by molar-refractivity contribution is 5.98. The van der Waals surface area contributed by atoms with E-state index in [0.717, 1.165) is 11.6 Å². The molecule has 2 rings (SSSR count). The number of anilines is 2. The van der Waals surface area contributed by atoms with Crippen molar-refractivity contribution < 1.29 is 14.7 Å². The number of amides is 2. The molecule has 7 nitrogen and oxygen atoms in total. The van der Waals surface area contributed by atoms with Gasteiger partial charge in [-0.3, -0.25) is 14.3 Å². The number of nitrogens with zero attached hydrogens (tertiary/aromatic N) is 2. The number of rotatable bonds is 6. The molecule has 1 heterocycles.